The van der Waals surface area contributed by atoms with E-state index in [1.807, 2.05) is 31.2 Å². The van der Waals surface area contributed by atoms with Crippen LogP contribution in [-0.4, -0.2) is 8.16 Å². The van der Waals surface area contributed by atoms with Gasteiger partial charge in [0.15, 0.2) is 0 Å². The average Bonchev–Trinajstić information content (AvgIpc) is 3.05. The van der Waals surface area contributed by atoms with Crippen LogP contribution in [0.5, 0.6) is 0 Å². The monoisotopic (exact) mass is 423 g/mol. The number of benzene rings is 2. The van der Waals surface area contributed by atoms with Crippen molar-refractivity contribution >= 4 is 37.5 Å². The summed E-state index contributed by atoms with van der Waals surface area (Å²) < 4.78 is -0.207. The fourth-order valence-corrected chi connectivity index (χ4v) is 4.96. The molecule has 5 heteroatoms. The maximum Gasteiger partial charge on any atom is 0.272 e. The minimum atomic E-state index is -0.316. The van der Waals surface area contributed by atoms with Crippen molar-refractivity contribution < 1.29 is 4.92 Å². The number of alkyl halides is 2. The number of aryl methyl sites for hydroxylation is 2. The molecule has 114 valence electrons. The van der Waals surface area contributed by atoms with Gasteiger partial charge in [0, 0.05) is 17.0 Å². The van der Waals surface area contributed by atoms with Crippen LogP contribution in [0.2, 0.25) is 0 Å². The van der Waals surface area contributed by atoms with Crippen molar-refractivity contribution in [2.24, 2.45) is 0 Å². The third-order valence-corrected chi connectivity index (χ3v) is 6.37. The molecule has 1 saturated carbocycles. The van der Waals surface area contributed by atoms with Crippen molar-refractivity contribution in [2.75, 3.05) is 0 Å². The van der Waals surface area contributed by atoms with Crippen molar-refractivity contribution in [1.82, 2.24) is 0 Å². The number of rotatable bonds is 3. The first-order valence-electron chi connectivity index (χ1n) is 6.99. The van der Waals surface area contributed by atoms with Gasteiger partial charge < -0.3 is 0 Å². The molecule has 0 spiro atoms. The molecule has 3 rings (SSSR count). The molecule has 1 aliphatic carbocycles. The Bertz CT molecular complexity index is 759. The van der Waals surface area contributed by atoms with Crippen LogP contribution in [0.4, 0.5) is 5.69 Å². The third kappa shape index (κ3) is 2.22. The van der Waals surface area contributed by atoms with Crippen LogP contribution in [0, 0.1) is 24.0 Å². The Hall–Kier alpha value is -1.20. The van der Waals surface area contributed by atoms with E-state index >= 15 is 0 Å². The molecule has 0 radical (unpaired) electrons. The van der Waals surface area contributed by atoms with Gasteiger partial charge in [-0.3, -0.25) is 10.1 Å². The van der Waals surface area contributed by atoms with Gasteiger partial charge in [-0.25, -0.2) is 0 Å². The smallest absolute Gasteiger partial charge is 0.258 e. The standard InChI is InChI=1S/C17H15Br2NO2/c1-11-9-15(20(21)22)12(2)8-14(11)16(10-17(16,18)19)13-6-4-3-5-7-13/h3-9H,10H2,1-2H3. The van der Waals surface area contributed by atoms with Crippen LogP contribution >= 0.6 is 31.9 Å². The lowest BCUT2D eigenvalue weighted by molar-refractivity contribution is -0.385. The molecule has 0 bridgehead atoms. The highest BCUT2D eigenvalue weighted by Crippen LogP contribution is 2.70. The normalized spacial score (nSPS) is 22.4. The first-order valence-corrected chi connectivity index (χ1v) is 8.58. The maximum atomic E-state index is 11.1. The second-order valence-electron chi connectivity index (χ2n) is 5.86. The van der Waals surface area contributed by atoms with Gasteiger partial charge in [-0.05, 0) is 43.0 Å². The molecule has 1 unspecified atom stereocenters. The van der Waals surface area contributed by atoms with Gasteiger partial charge in [-0.2, -0.15) is 0 Å². The van der Waals surface area contributed by atoms with E-state index in [2.05, 4.69) is 44.0 Å². The van der Waals surface area contributed by atoms with E-state index in [9.17, 15) is 10.1 Å². The molecule has 3 nitrogen and oxygen atoms in total. The number of nitrogens with zero attached hydrogens (tertiary/aromatic N) is 1. The molecular formula is C17H15Br2NO2. The highest BCUT2D eigenvalue weighted by Gasteiger charge is 2.67. The molecule has 1 fully saturated rings. The predicted molar refractivity (Wildman–Crippen MR) is 95.0 cm³/mol. The summed E-state index contributed by atoms with van der Waals surface area (Å²) >= 11 is 7.54. The first-order chi connectivity index (χ1) is 10.3. The Labute approximate surface area is 146 Å². The summed E-state index contributed by atoms with van der Waals surface area (Å²) in [6.07, 6.45) is 0.905. The Kier molecular flexibility index (Phi) is 3.68. The number of halogens is 2. The highest BCUT2D eigenvalue weighted by atomic mass is 79.9. The Balaban J connectivity index is 2.21. The quantitative estimate of drug-likeness (QED) is 0.376. The van der Waals surface area contributed by atoms with Crippen LogP contribution < -0.4 is 0 Å². The lowest BCUT2D eigenvalue weighted by Gasteiger charge is -2.22. The predicted octanol–water partition coefficient (Wildman–Crippen LogP) is 5.39. The van der Waals surface area contributed by atoms with Gasteiger partial charge in [0.25, 0.3) is 5.69 Å². The highest BCUT2D eigenvalue weighted by molar-refractivity contribution is 9.25. The molecule has 0 heterocycles. The topological polar surface area (TPSA) is 43.1 Å². The Morgan fingerprint density at radius 1 is 1.09 bits per heavy atom. The molecule has 22 heavy (non-hydrogen) atoms. The van der Waals surface area contributed by atoms with Crippen molar-refractivity contribution in [1.29, 1.82) is 0 Å². The molecule has 2 aromatic carbocycles. The molecule has 0 aromatic heterocycles. The number of nitro groups is 1. The van der Waals surface area contributed by atoms with Crippen LogP contribution in [0.1, 0.15) is 28.7 Å². The van der Waals surface area contributed by atoms with Crippen molar-refractivity contribution in [3.8, 4) is 0 Å². The van der Waals surface area contributed by atoms with Gasteiger partial charge >= 0.3 is 0 Å². The van der Waals surface area contributed by atoms with Gasteiger partial charge in [-0.1, -0.05) is 62.2 Å². The van der Waals surface area contributed by atoms with Crippen molar-refractivity contribution in [3.63, 3.8) is 0 Å². The van der Waals surface area contributed by atoms with Crippen LogP contribution in [0.3, 0.4) is 0 Å². The van der Waals surface area contributed by atoms with Gasteiger partial charge in [-0.15, -0.1) is 0 Å². The number of hydrogen-bond donors (Lipinski definition) is 0. The first kappa shape index (κ1) is 15.7. The zero-order valence-electron chi connectivity index (χ0n) is 12.3. The maximum absolute atomic E-state index is 11.1. The molecule has 1 aliphatic rings. The summed E-state index contributed by atoms with van der Waals surface area (Å²) in [7, 11) is 0. The van der Waals surface area contributed by atoms with Crippen molar-refractivity contribution in [2.45, 2.75) is 28.9 Å². The van der Waals surface area contributed by atoms with Gasteiger partial charge in [0.2, 0.25) is 0 Å². The summed E-state index contributed by atoms with van der Waals surface area (Å²) in [4.78, 5) is 10.8. The fraction of sp³-hybridized carbons (Fsp3) is 0.294. The molecule has 0 aliphatic heterocycles. The zero-order chi connectivity index (χ0) is 16.1. The summed E-state index contributed by atoms with van der Waals surface area (Å²) in [6.45, 7) is 3.74. The van der Waals surface area contributed by atoms with Gasteiger partial charge in [0.1, 0.15) is 0 Å². The molecule has 0 amide bonds. The van der Waals surface area contributed by atoms with Crippen LogP contribution in [0.25, 0.3) is 0 Å². The van der Waals surface area contributed by atoms with E-state index < -0.39 is 0 Å². The summed E-state index contributed by atoms with van der Waals surface area (Å²) in [5.41, 5.74) is 3.97. The molecular weight excluding hydrogens is 410 g/mol. The third-order valence-electron chi connectivity index (χ3n) is 4.45. The van der Waals surface area contributed by atoms with E-state index in [-0.39, 0.29) is 19.3 Å². The van der Waals surface area contributed by atoms with E-state index in [0.717, 1.165) is 17.5 Å². The average molecular weight is 425 g/mol. The van der Waals surface area contributed by atoms with Crippen LogP contribution in [0.15, 0.2) is 42.5 Å². The van der Waals surface area contributed by atoms with E-state index in [0.29, 0.717) is 5.56 Å². The SMILES string of the molecule is Cc1cc(C2(c3ccccc3)CC2(Br)Br)c(C)cc1[N+](=O)[O-]. The fourth-order valence-electron chi connectivity index (χ4n) is 3.23. The number of nitro benzene ring substituents is 1. The second-order valence-corrected chi connectivity index (χ2v) is 9.63. The van der Waals surface area contributed by atoms with Gasteiger partial charge in [0.05, 0.1) is 8.16 Å². The Morgan fingerprint density at radius 2 is 1.68 bits per heavy atom. The lowest BCUT2D eigenvalue weighted by Crippen LogP contribution is -2.18. The number of hydrogen-bond acceptors (Lipinski definition) is 2. The summed E-state index contributed by atoms with van der Waals surface area (Å²) in [5, 5.41) is 11.1. The van der Waals surface area contributed by atoms with Crippen molar-refractivity contribution in [3.05, 3.63) is 74.8 Å². The molecule has 1 atom stereocenters. The second kappa shape index (κ2) is 5.17. The minimum Gasteiger partial charge on any atom is -0.258 e. The van der Waals surface area contributed by atoms with E-state index in [4.69, 9.17) is 0 Å². The Morgan fingerprint density at radius 3 is 2.18 bits per heavy atom. The molecule has 2 aromatic rings. The largest absolute Gasteiger partial charge is 0.272 e. The molecule has 0 saturated heterocycles. The minimum absolute atomic E-state index is 0.180. The van der Waals surface area contributed by atoms with E-state index in [1.165, 1.54) is 5.56 Å². The lowest BCUT2D eigenvalue weighted by atomic mass is 9.84. The van der Waals surface area contributed by atoms with E-state index in [1.54, 1.807) is 13.0 Å². The zero-order valence-corrected chi connectivity index (χ0v) is 15.4. The summed E-state index contributed by atoms with van der Waals surface area (Å²) in [6, 6.07) is 13.9. The van der Waals surface area contributed by atoms with Crippen LogP contribution in [-0.2, 0) is 5.41 Å². The molecule has 0 N–H and O–H groups in total. The summed E-state index contributed by atoms with van der Waals surface area (Å²) in [5.74, 6) is 0.